The highest BCUT2D eigenvalue weighted by molar-refractivity contribution is 6.22. The summed E-state index contributed by atoms with van der Waals surface area (Å²) in [6.07, 6.45) is 4.42. The van der Waals surface area contributed by atoms with Gasteiger partial charge in [0.25, 0.3) is 17.1 Å². The molecule has 8 heteroatoms. The second kappa shape index (κ2) is 6.65. The van der Waals surface area contributed by atoms with Crippen LogP contribution in [0.3, 0.4) is 0 Å². The maximum absolute atomic E-state index is 11.2. The van der Waals surface area contributed by atoms with Crippen molar-refractivity contribution in [2.45, 2.75) is 31.0 Å². The molecule has 0 aromatic rings. The lowest BCUT2D eigenvalue weighted by molar-refractivity contribution is -0.151. The van der Waals surface area contributed by atoms with Gasteiger partial charge < -0.3 is 4.74 Å². The molecule has 1 heterocycles. The zero-order chi connectivity index (χ0) is 14.5. The van der Waals surface area contributed by atoms with E-state index < -0.39 is 11.3 Å². The molecule has 1 aliphatic heterocycles. The molecule has 0 spiro atoms. The molecule has 0 aromatic heterocycles. The van der Waals surface area contributed by atoms with Crippen LogP contribution in [-0.2, 0) is 19.1 Å². The van der Waals surface area contributed by atoms with Crippen LogP contribution in [0, 0.1) is 0 Å². The van der Waals surface area contributed by atoms with Gasteiger partial charge in [-0.3, -0.25) is 30.8 Å². The molecular weight excluding hydrogens is 274 g/mol. The molecule has 0 saturated heterocycles. The van der Waals surface area contributed by atoms with Crippen molar-refractivity contribution >= 4 is 29.4 Å². The summed E-state index contributed by atoms with van der Waals surface area (Å²) in [4.78, 5) is 34.8. The number of carbonyl (C=O) groups is 3. The summed E-state index contributed by atoms with van der Waals surface area (Å²) >= 11 is 5.31. The normalized spacial score (nSPS) is 15.2. The minimum Gasteiger partial charge on any atom is -0.416 e. The van der Waals surface area contributed by atoms with Crippen molar-refractivity contribution in [3.8, 4) is 0 Å². The number of halogens is 1. The molecule has 2 amide bonds. The van der Waals surface area contributed by atoms with Gasteiger partial charge in [-0.05, 0) is 24.4 Å². The fourth-order valence-corrected chi connectivity index (χ4v) is 1.68. The Labute approximate surface area is 115 Å². The quantitative estimate of drug-likeness (QED) is 0.167. The van der Waals surface area contributed by atoms with Crippen LogP contribution >= 0.6 is 11.6 Å². The van der Waals surface area contributed by atoms with E-state index in [9.17, 15) is 14.4 Å². The molecule has 106 valence electrons. The van der Waals surface area contributed by atoms with Crippen molar-refractivity contribution in [2.75, 3.05) is 6.54 Å². The van der Waals surface area contributed by atoms with Crippen molar-refractivity contribution in [1.29, 1.82) is 0 Å². The standard InChI is InChI=1S/C11H16ClN3O4/c12-11(13,14)19-10(18)4-2-1-3-7-15-8(16)5-6-9(15)17/h5-6H,1-4,7,13-14H2. The van der Waals surface area contributed by atoms with Crippen molar-refractivity contribution < 1.29 is 19.1 Å². The van der Waals surface area contributed by atoms with Crippen molar-refractivity contribution in [1.82, 2.24) is 4.90 Å². The van der Waals surface area contributed by atoms with E-state index in [2.05, 4.69) is 4.74 Å². The van der Waals surface area contributed by atoms with Crippen LogP contribution < -0.4 is 11.5 Å². The molecule has 0 saturated carbocycles. The fraction of sp³-hybridized carbons (Fsp3) is 0.545. The van der Waals surface area contributed by atoms with E-state index in [1.165, 1.54) is 12.2 Å². The average molecular weight is 290 g/mol. The highest BCUT2D eigenvalue weighted by atomic mass is 35.5. The second-order valence-corrected chi connectivity index (χ2v) is 4.73. The number of unbranched alkanes of at least 4 members (excludes halogenated alkanes) is 2. The van der Waals surface area contributed by atoms with Crippen LogP contribution in [0.1, 0.15) is 25.7 Å². The van der Waals surface area contributed by atoms with Gasteiger partial charge in [-0.1, -0.05) is 6.42 Å². The third-order valence-electron chi connectivity index (χ3n) is 2.43. The summed E-state index contributed by atoms with van der Waals surface area (Å²) in [6, 6.07) is 0. The number of nitrogens with zero attached hydrogens (tertiary/aromatic N) is 1. The van der Waals surface area contributed by atoms with Gasteiger partial charge in [0.15, 0.2) is 0 Å². The number of hydrogen-bond acceptors (Lipinski definition) is 6. The summed E-state index contributed by atoms with van der Waals surface area (Å²) in [7, 11) is 0. The zero-order valence-electron chi connectivity index (χ0n) is 10.3. The lowest BCUT2D eigenvalue weighted by atomic mass is 10.2. The number of imide groups is 1. The molecule has 4 N–H and O–H groups in total. The van der Waals surface area contributed by atoms with Gasteiger partial charge in [0.1, 0.15) is 0 Å². The number of amides is 2. The summed E-state index contributed by atoms with van der Waals surface area (Å²) < 4.78 is 4.51. The molecule has 0 bridgehead atoms. The summed E-state index contributed by atoms with van der Waals surface area (Å²) in [5.41, 5.74) is 10.2. The third kappa shape index (κ3) is 5.82. The molecule has 0 radical (unpaired) electrons. The Morgan fingerprint density at radius 2 is 1.79 bits per heavy atom. The Morgan fingerprint density at radius 1 is 1.21 bits per heavy atom. The highest BCUT2D eigenvalue weighted by Crippen LogP contribution is 2.09. The van der Waals surface area contributed by atoms with E-state index in [4.69, 9.17) is 23.1 Å². The number of nitrogens with two attached hydrogens (primary N) is 2. The lowest BCUT2D eigenvalue weighted by Crippen LogP contribution is -2.47. The topological polar surface area (TPSA) is 116 Å². The molecule has 7 nitrogen and oxygen atoms in total. The van der Waals surface area contributed by atoms with Gasteiger partial charge in [-0.25, -0.2) is 0 Å². The van der Waals surface area contributed by atoms with E-state index in [0.29, 0.717) is 25.8 Å². The Balaban J connectivity index is 2.10. The van der Waals surface area contributed by atoms with Crippen LogP contribution in [-0.4, -0.2) is 34.5 Å². The minimum absolute atomic E-state index is 0.128. The first-order valence-corrected chi connectivity index (χ1v) is 6.19. The lowest BCUT2D eigenvalue weighted by Gasteiger charge is -2.16. The third-order valence-corrected chi connectivity index (χ3v) is 2.51. The van der Waals surface area contributed by atoms with Crippen LogP contribution in [0.25, 0.3) is 0 Å². The molecule has 19 heavy (non-hydrogen) atoms. The largest absolute Gasteiger partial charge is 0.416 e. The first-order valence-electron chi connectivity index (χ1n) is 5.81. The monoisotopic (exact) mass is 289 g/mol. The molecule has 0 atom stereocenters. The second-order valence-electron chi connectivity index (χ2n) is 4.14. The first-order chi connectivity index (χ1) is 8.79. The Bertz CT molecular complexity index is 385. The van der Waals surface area contributed by atoms with Crippen LogP contribution in [0.15, 0.2) is 12.2 Å². The number of rotatable bonds is 7. The zero-order valence-corrected chi connectivity index (χ0v) is 11.1. The minimum atomic E-state index is -1.98. The van der Waals surface area contributed by atoms with Gasteiger partial charge >= 0.3 is 5.97 Å². The van der Waals surface area contributed by atoms with Gasteiger partial charge in [-0.2, -0.15) is 0 Å². The fourth-order valence-electron chi connectivity index (χ4n) is 1.59. The summed E-state index contributed by atoms with van der Waals surface area (Å²) in [6.45, 7) is 0.340. The number of ether oxygens (including phenoxy) is 1. The van der Waals surface area contributed by atoms with Crippen molar-refractivity contribution in [2.24, 2.45) is 11.5 Å². The molecule has 0 fully saturated rings. The van der Waals surface area contributed by atoms with E-state index in [1.54, 1.807) is 0 Å². The maximum atomic E-state index is 11.2. The highest BCUT2D eigenvalue weighted by Gasteiger charge is 2.22. The van der Waals surface area contributed by atoms with E-state index >= 15 is 0 Å². The maximum Gasteiger partial charge on any atom is 0.309 e. The van der Waals surface area contributed by atoms with Gasteiger partial charge in [0, 0.05) is 25.1 Å². The molecule has 0 aliphatic carbocycles. The predicted molar refractivity (Wildman–Crippen MR) is 67.4 cm³/mol. The van der Waals surface area contributed by atoms with E-state index in [0.717, 1.165) is 4.90 Å². The molecular formula is C11H16ClN3O4. The molecule has 0 aromatic carbocycles. The summed E-state index contributed by atoms with van der Waals surface area (Å²) in [5, 5.41) is -1.98. The molecule has 1 aliphatic rings. The Hall–Kier alpha value is -1.44. The number of hydrogen-bond donors (Lipinski definition) is 2. The smallest absolute Gasteiger partial charge is 0.309 e. The Morgan fingerprint density at radius 3 is 2.32 bits per heavy atom. The van der Waals surface area contributed by atoms with Gasteiger partial charge in [0.05, 0.1) is 0 Å². The Kier molecular flexibility index (Phi) is 5.46. The van der Waals surface area contributed by atoms with Gasteiger partial charge in [-0.15, -0.1) is 0 Å². The van der Waals surface area contributed by atoms with E-state index in [-0.39, 0.29) is 18.2 Å². The van der Waals surface area contributed by atoms with Gasteiger partial charge in [0.2, 0.25) is 0 Å². The summed E-state index contributed by atoms with van der Waals surface area (Å²) in [5.74, 6) is -1.19. The SMILES string of the molecule is NC(N)(Cl)OC(=O)CCCCCN1C(=O)C=CC1=O. The number of carbonyl (C=O) groups excluding carboxylic acids is 3. The first kappa shape index (κ1) is 15.6. The molecule has 1 rings (SSSR count). The number of esters is 1. The van der Waals surface area contributed by atoms with E-state index in [1.807, 2.05) is 0 Å². The van der Waals surface area contributed by atoms with Crippen LogP contribution in [0.2, 0.25) is 0 Å². The predicted octanol–water partition coefficient (Wildman–Crippen LogP) is -0.218. The van der Waals surface area contributed by atoms with Crippen molar-refractivity contribution in [3.05, 3.63) is 12.2 Å². The van der Waals surface area contributed by atoms with Crippen LogP contribution in [0.5, 0.6) is 0 Å². The average Bonchev–Trinajstić information content (AvgIpc) is 2.57. The van der Waals surface area contributed by atoms with Crippen molar-refractivity contribution in [3.63, 3.8) is 0 Å². The van der Waals surface area contributed by atoms with Crippen LogP contribution in [0.4, 0.5) is 0 Å². The molecule has 0 unspecified atom stereocenters. The number of alkyl halides is 1.